The second-order valence-electron chi connectivity index (χ2n) is 8.38. The van der Waals surface area contributed by atoms with Gasteiger partial charge in [0.15, 0.2) is 0 Å². The van der Waals surface area contributed by atoms with Crippen LogP contribution in [0.2, 0.25) is 5.02 Å². The van der Waals surface area contributed by atoms with Crippen LogP contribution in [-0.4, -0.2) is 52.2 Å². The highest BCUT2D eigenvalue weighted by Crippen LogP contribution is 2.38. The average molecular weight is 468 g/mol. The molecule has 164 valence electrons. The fraction of sp³-hybridized carbons (Fsp3) is 0.476. The van der Waals surface area contributed by atoms with E-state index in [1.807, 2.05) is 12.3 Å². The maximum atomic E-state index is 12.8. The molecule has 0 N–H and O–H groups in total. The molecule has 5 rings (SSSR count). The molecule has 5 nitrogen and oxygen atoms in total. The number of thiophene rings is 1. The smallest absolute Gasteiger partial charge is 0.355 e. The first-order chi connectivity index (χ1) is 14.8. The van der Waals surface area contributed by atoms with Crippen molar-refractivity contribution in [2.45, 2.75) is 25.6 Å². The Labute approximate surface area is 186 Å². The summed E-state index contributed by atoms with van der Waals surface area (Å²) in [5.74, 6) is 1.82. The molecule has 5 heterocycles. The van der Waals surface area contributed by atoms with E-state index < -0.39 is 12.6 Å². The first-order valence-electron chi connectivity index (χ1n) is 10.2. The first-order valence-corrected chi connectivity index (χ1v) is 11.4. The van der Waals surface area contributed by atoms with Gasteiger partial charge in [-0.1, -0.05) is 11.6 Å². The summed E-state index contributed by atoms with van der Waals surface area (Å²) in [7, 11) is 0. The number of fused-ring (bicyclic) bond motifs is 2. The number of likely N-dealkylation sites (tertiary alicyclic amines) is 1. The summed E-state index contributed by atoms with van der Waals surface area (Å²) in [5, 5.41) is 1.38. The number of pyridine rings is 1. The van der Waals surface area contributed by atoms with Gasteiger partial charge in [0.05, 0.1) is 16.8 Å². The van der Waals surface area contributed by atoms with Gasteiger partial charge in [0.2, 0.25) is 0 Å². The van der Waals surface area contributed by atoms with E-state index in [-0.39, 0.29) is 4.88 Å². The van der Waals surface area contributed by atoms with Gasteiger partial charge >= 0.3 is 6.18 Å². The largest absolute Gasteiger partial charge is 0.393 e. The summed E-state index contributed by atoms with van der Waals surface area (Å²) in [6.07, 6.45) is 0.897. The van der Waals surface area contributed by atoms with Crippen molar-refractivity contribution < 1.29 is 13.2 Å². The van der Waals surface area contributed by atoms with Gasteiger partial charge in [-0.05, 0) is 42.5 Å². The van der Waals surface area contributed by atoms with E-state index in [0.717, 1.165) is 67.2 Å². The zero-order valence-electron chi connectivity index (χ0n) is 16.6. The minimum atomic E-state index is -4.22. The number of aromatic nitrogens is 3. The van der Waals surface area contributed by atoms with Gasteiger partial charge in [-0.15, -0.1) is 11.3 Å². The molecular weight excluding hydrogens is 447 g/mol. The zero-order chi connectivity index (χ0) is 21.6. The van der Waals surface area contributed by atoms with Crippen molar-refractivity contribution in [2.24, 2.45) is 11.8 Å². The van der Waals surface area contributed by atoms with Crippen LogP contribution >= 0.6 is 22.9 Å². The molecule has 2 atom stereocenters. The summed E-state index contributed by atoms with van der Waals surface area (Å²) in [5.41, 5.74) is 1.11. The Hall–Kier alpha value is -1.97. The second-order valence-corrected chi connectivity index (χ2v) is 9.93. The minimum absolute atomic E-state index is 0.280. The van der Waals surface area contributed by atoms with Crippen molar-refractivity contribution in [3.63, 3.8) is 0 Å². The summed E-state index contributed by atoms with van der Waals surface area (Å²) >= 11 is 7.16. The van der Waals surface area contributed by atoms with Crippen LogP contribution < -0.4 is 4.90 Å². The standard InChI is InChI=1S/C21H21ClF3N5S/c22-16-3-13(6-26-7-16)8-29-2-1-14-10-30(11-15(14)9-29)19-18-4-17(5-21(23,24)25)31-20(18)28-12-27-19/h3-4,6-7,12,14-15H,1-2,5,8-11H2/t14-,15+/m1/s1. The lowest BCUT2D eigenvalue weighted by Gasteiger charge is -2.34. The van der Waals surface area contributed by atoms with Crippen LogP contribution in [0.5, 0.6) is 0 Å². The highest BCUT2D eigenvalue weighted by Gasteiger charge is 2.38. The number of halogens is 4. The maximum absolute atomic E-state index is 12.8. The summed E-state index contributed by atoms with van der Waals surface area (Å²) in [4.78, 5) is 18.4. The summed E-state index contributed by atoms with van der Waals surface area (Å²) < 4.78 is 38.5. The number of anilines is 1. The van der Waals surface area contributed by atoms with Crippen LogP contribution in [0.15, 0.2) is 30.9 Å². The van der Waals surface area contributed by atoms with Gasteiger partial charge in [-0.25, -0.2) is 9.97 Å². The lowest BCUT2D eigenvalue weighted by molar-refractivity contribution is -0.126. The average Bonchev–Trinajstić information content (AvgIpc) is 3.29. The van der Waals surface area contributed by atoms with Crippen LogP contribution in [0, 0.1) is 11.8 Å². The molecule has 2 aliphatic rings. The van der Waals surface area contributed by atoms with E-state index in [1.165, 1.54) is 6.33 Å². The quantitative estimate of drug-likeness (QED) is 0.551. The monoisotopic (exact) mass is 467 g/mol. The van der Waals surface area contributed by atoms with Crippen LogP contribution in [0.1, 0.15) is 16.9 Å². The van der Waals surface area contributed by atoms with Crippen molar-refractivity contribution in [2.75, 3.05) is 31.1 Å². The number of hydrogen-bond acceptors (Lipinski definition) is 6. The molecular formula is C21H21ClF3N5S. The Balaban J connectivity index is 1.31. The van der Waals surface area contributed by atoms with Gasteiger partial charge in [-0.2, -0.15) is 13.2 Å². The zero-order valence-corrected chi connectivity index (χ0v) is 18.2. The third-order valence-electron chi connectivity index (χ3n) is 6.09. The molecule has 3 aromatic rings. The number of nitrogens with zero attached hydrogens (tertiary/aromatic N) is 5. The fourth-order valence-electron chi connectivity index (χ4n) is 4.79. The molecule has 2 fully saturated rings. The van der Waals surface area contributed by atoms with Crippen LogP contribution in [-0.2, 0) is 13.0 Å². The predicted octanol–water partition coefficient (Wildman–Crippen LogP) is 4.80. The van der Waals surface area contributed by atoms with E-state index in [1.54, 1.807) is 12.3 Å². The number of alkyl halides is 3. The molecule has 0 aromatic carbocycles. The van der Waals surface area contributed by atoms with Gasteiger partial charge in [0.1, 0.15) is 17.0 Å². The van der Waals surface area contributed by atoms with Crippen LogP contribution in [0.4, 0.5) is 19.0 Å². The molecule has 0 saturated carbocycles. The van der Waals surface area contributed by atoms with Gasteiger partial charge in [-0.3, -0.25) is 9.88 Å². The molecule has 0 bridgehead atoms. The Bertz CT molecular complexity index is 1090. The van der Waals surface area contributed by atoms with E-state index in [2.05, 4.69) is 24.8 Å². The van der Waals surface area contributed by atoms with Crippen LogP contribution in [0.25, 0.3) is 10.2 Å². The molecule has 3 aromatic heterocycles. The number of hydrogen-bond donors (Lipinski definition) is 0. The minimum Gasteiger partial charge on any atom is -0.355 e. The van der Waals surface area contributed by atoms with Gasteiger partial charge < -0.3 is 4.90 Å². The molecule has 2 saturated heterocycles. The van der Waals surface area contributed by atoms with Crippen molar-refractivity contribution in [1.29, 1.82) is 0 Å². The van der Waals surface area contributed by atoms with E-state index in [4.69, 9.17) is 11.6 Å². The molecule has 0 amide bonds. The Morgan fingerprint density at radius 3 is 2.74 bits per heavy atom. The predicted molar refractivity (Wildman–Crippen MR) is 116 cm³/mol. The molecule has 0 radical (unpaired) electrons. The summed E-state index contributed by atoms with van der Waals surface area (Å²) in [6.45, 7) is 4.54. The maximum Gasteiger partial charge on any atom is 0.393 e. The second kappa shape index (κ2) is 8.18. The number of piperidine rings is 1. The van der Waals surface area contributed by atoms with E-state index in [0.29, 0.717) is 21.7 Å². The first kappa shape index (κ1) is 20.9. The molecule has 0 unspecified atom stereocenters. The third kappa shape index (κ3) is 4.63. The normalized spacial score (nSPS) is 22.3. The highest BCUT2D eigenvalue weighted by molar-refractivity contribution is 7.18. The topological polar surface area (TPSA) is 45.2 Å². The molecule has 2 aliphatic heterocycles. The Morgan fingerprint density at radius 2 is 1.94 bits per heavy atom. The van der Waals surface area contributed by atoms with E-state index >= 15 is 0 Å². The van der Waals surface area contributed by atoms with Crippen LogP contribution in [0.3, 0.4) is 0 Å². The number of rotatable bonds is 4. The van der Waals surface area contributed by atoms with Gasteiger partial charge in [0.25, 0.3) is 0 Å². The highest BCUT2D eigenvalue weighted by atomic mass is 35.5. The SMILES string of the molecule is FC(F)(F)Cc1cc2c(N3C[C@H]4CCN(Cc5cncc(Cl)c5)C[C@H]4C3)ncnc2s1. The Morgan fingerprint density at radius 1 is 1.10 bits per heavy atom. The Kier molecular flexibility index (Phi) is 5.52. The summed E-state index contributed by atoms with van der Waals surface area (Å²) in [6, 6.07) is 3.57. The van der Waals surface area contributed by atoms with Crippen molar-refractivity contribution in [3.05, 3.63) is 46.3 Å². The molecule has 31 heavy (non-hydrogen) atoms. The van der Waals surface area contributed by atoms with E-state index in [9.17, 15) is 13.2 Å². The molecule has 0 aliphatic carbocycles. The lowest BCUT2D eigenvalue weighted by Crippen LogP contribution is -2.39. The fourth-order valence-corrected chi connectivity index (χ4v) is 6.01. The molecule has 0 spiro atoms. The van der Waals surface area contributed by atoms with Crippen molar-refractivity contribution in [1.82, 2.24) is 19.9 Å². The third-order valence-corrected chi connectivity index (χ3v) is 7.34. The van der Waals surface area contributed by atoms with Gasteiger partial charge in [0, 0.05) is 43.4 Å². The lowest BCUT2D eigenvalue weighted by atomic mass is 9.88. The van der Waals surface area contributed by atoms with Crippen molar-refractivity contribution >= 4 is 39.0 Å². The van der Waals surface area contributed by atoms with Crippen molar-refractivity contribution in [3.8, 4) is 0 Å². The molecule has 10 heteroatoms.